The maximum absolute atomic E-state index is 5.75. The summed E-state index contributed by atoms with van der Waals surface area (Å²) in [7, 11) is 0. The zero-order valence-corrected chi connectivity index (χ0v) is 8.05. The first-order chi connectivity index (χ1) is 6.75. The van der Waals surface area contributed by atoms with Gasteiger partial charge in [-0.1, -0.05) is 11.6 Å². The predicted octanol–water partition coefficient (Wildman–Crippen LogP) is 2.39. The van der Waals surface area contributed by atoms with Crippen molar-refractivity contribution in [1.82, 2.24) is 10.2 Å². The molecule has 0 amide bonds. The SMILES string of the molecule is Nc1n[nH]cc1Nc1ccc(Cl)cc1. The molecule has 0 saturated heterocycles. The zero-order valence-electron chi connectivity index (χ0n) is 7.29. The Kier molecular flexibility index (Phi) is 2.28. The van der Waals surface area contributed by atoms with E-state index in [1.807, 2.05) is 12.1 Å². The topological polar surface area (TPSA) is 66.7 Å². The minimum atomic E-state index is 0.444. The van der Waals surface area contributed by atoms with E-state index in [-0.39, 0.29) is 0 Å². The molecule has 0 fully saturated rings. The molecule has 1 aromatic carbocycles. The van der Waals surface area contributed by atoms with E-state index in [1.54, 1.807) is 18.3 Å². The van der Waals surface area contributed by atoms with Crippen LogP contribution in [0.15, 0.2) is 30.5 Å². The van der Waals surface area contributed by atoms with Gasteiger partial charge in [-0.05, 0) is 24.3 Å². The number of hydrogen-bond donors (Lipinski definition) is 3. The van der Waals surface area contributed by atoms with E-state index in [9.17, 15) is 0 Å². The number of aromatic amines is 1. The van der Waals surface area contributed by atoms with Gasteiger partial charge in [-0.3, -0.25) is 5.10 Å². The third kappa shape index (κ3) is 1.80. The van der Waals surface area contributed by atoms with Crippen molar-refractivity contribution < 1.29 is 0 Å². The largest absolute Gasteiger partial charge is 0.380 e. The van der Waals surface area contributed by atoms with Crippen LogP contribution in [0.3, 0.4) is 0 Å². The second-order valence-corrected chi connectivity index (χ2v) is 3.25. The lowest BCUT2D eigenvalue weighted by molar-refractivity contribution is 1.10. The van der Waals surface area contributed by atoms with E-state index < -0.39 is 0 Å². The van der Waals surface area contributed by atoms with Gasteiger partial charge in [-0.2, -0.15) is 5.10 Å². The molecule has 0 atom stereocenters. The Morgan fingerprint density at radius 3 is 2.57 bits per heavy atom. The molecule has 14 heavy (non-hydrogen) atoms. The zero-order chi connectivity index (χ0) is 9.97. The summed E-state index contributed by atoms with van der Waals surface area (Å²) >= 11 is 5.75. The van der Waals surface area contributed by atoms with Crippen molar-refractivity contribution in [2.24, 2.45) is 0 Å². The van der Waals surface area contributed by atoms with Gasteiger partial charge in [-0.25, -0.2) is 0 Å². The fourth-order valence-electron chi connectivity index (χ4n) is 1.09. The first-order valence-corrected chi connectivity index (χ1v) is 4.45. The van der Waals surface area contributed by atoms with Crippen LogP contribution in [0.25, 0.3) is 0 Å². The molecule has 72 valence electrons. The fourth-order valence-corrected chi connectivity index (χ4v) is 1.22. The normalized spacial score (nSPS) is 10.1. The minimum absolute atomic E-state index is 0.444. The Labute approximate surface area is 86.1 Å². The van der Waals surface area contributed by atoms with Crippen molar-refractivity contribution in [2.45, 2.75) is 0 Å². The number of anilines is 3. The smallest absolute Gasteiger partial charge is 0.169 e. The van der Waals surface area contributed by atoms with Gasteiger partial charge >= 0.3 is 0 Å². The molecule has 2 rings (SSSR count). The molecular weight excluding hydrogens is 200 g/mol. The van der Waals surface area contributed by atoms with Crippen molar-refractivity contribution in [3.63, 3.8) is 0 Å². The van der Waals surface area contributed by atoms with Crippen LogP contribution in [0.1, 0.15) is 0 Å². The number of H-pyrrole nitrogens is 1. The van der Waals surface area contributed by atoms with Crippen LogP contribution in [-0.4, -0.2) is 10.2 Å². The van der Waals surface area contributed by atoms with Crippen molar-refractivity contribution in [3.8, 4) is 0 Å². The summed E-state index contributed by atoms with van der Waals surface area (Å²) in [6.45, 7) is 0. The monoisotopic (exact) mass is 208 g/mol. The van der Waals surface area contributed by atoms with Gasteiger partial charge < -0.3 is 11.1 Å². The molecule has 1 heterocycles. The van der Waals surface area contributed by atoms with Crippen LogP contribution in [0, 0.1) is 0 Å². The van der Waals surface area contributed by atoms with Gasteiger partial charge in [0.15, 0.2) is 5.82 Å². The van der Waals surface area contributed by atoms with Crippen LogP contribution < -0.4 is 11.1 Å². The second kappa shape index (κ2) is 3.59. The van der Waals surface area contributed by atoms with Gasteiger partial charge in [0.2, 0.25) is 0 Å². The average molecular weight is 209 g/mol. The van der Waals surface area contributed by atoms with E-state index >= 15 is 0 Å². The average Bonchev–Trinajstić information content (AvgIpc) is 2.56. The highest BCUT2D eigenvalue weighted by Gasteiger charge is 2.00. The first kappa shape index (κ1) is 8.90. The summed E-state index contributed by atoms with van der Waals surface area (Å²) in [5, 5.41) is 10.3. The predicted molar refractivity (Wildman–Crippen MR) is 57.7 cm³/mol. The Hall–Kier alpha value is -1.68. The summed E-state index contributed by atoms with van der Waals surface area (Å²) in [5.41, 5.74) is 7.26. The van der Waals surface area contributed by atoms with Crippen molar-refractivity contribution in [3.05, 3.63) is 35.5 Å². The molecule has 4 N–H and O–H groups in total. The molecule has 0 aliphatic carbocycles. The van der Waals surface area contributed by atoms with Crippen LogP contribution in [-0.2, 0) is 0 Å². The number of hydrogen-bond acceptors (Lipinski definition) is 3. The maximum Gasteiger partial charge on any atom is 0.169 e. The van der Waals surface area contributed by atoms with Gasteiger partial charge in [-0.15, -0.1) is 0 Å². The summed E-state index contributed by atoms with van der Waals surface area (Å²) in [4.78, 5) is 0. The van der Waals surface area contributed by atoms with Crippen molar-refractivity contribution in [2.75, 3.05) is 11.1 Å². The Balaban J connectivity index is 2.19. The van der Waals surface area contributed by atoms with Crippen LogP contribution >= 0.6 is 11.6 Å². The van der Waals surface area contributed by atoms with E-state index in [2.05, 4.69) is 15.5 Å². The fraction of sp³-hybridized carbons (Fsp3) is 0. The molecule has 0 aliphatic heterocycles. The molecule has 5 heteroatoms. The maximum atomic E-state index is 5.75. The molecule has 0 radical (unpaired) electrons. The van der Waals surface area contributed by atoms with Crippen LogP contribution in [0.5, 0.6) is 0 Å². The summed E-state index contributed by atoms with van der Waals surface area (Å²) in [6.07, 6.45) is 1.70. The van der Waals surface area contributed by atoms with Gasteiger partial charge in [0, 0.05) is 16.9 Å². The van der Waals surface area contributed by atoms with Gasteiger partial charge in [0.05, 0.1) is 0 Å². The number of nitrogens with two attached hydrogens (primary N) is 1. The lowest BCUT2D eigenvalue weighted by atomic mass is 10.3. The van der Waals surface area contributed by atoms with Gasteiger partial charge in [0.1, 0.15) is 5.69 Å². The molecule has 0 aliphatic rings. The van der Waals surface area contributed by atoms with Crippen LogP contribution in [0.4, 0.5) is 17.2 Å². The number of rotatable bonds is 2. The van der Waals surface area contributed by atoms with E-state index in [4.69, 9.17) is 17.3 Å². The molecule has 0 bridgehead atoms. The molecule has 0 unspecified atom stereocenters. The Morgan fingerprint density at radius 2 is 2.00 bits per heavy atom. The summed E-state index contributed by atoms with van der Waals surface area (Å²) in [5.74, 6) is 0.444. The highest BCUT2D eigenvalue weighted by atomic mass is 35.5. The number of nitrogen functional groups attached to an aromatic ring is 1. The molecule has 4 nitrogen and oxygen atoms in total. The highest BCUT2D eigenvalue weighted by molar-refractivity contribution is 6.30. The Morgan fingerprint density at radius 1 is 1.29 bits per heavy atom. The summed E-state index contributed by atoms with van der Waals surface area (Å²) < 4.78 is 0. The van der Waals surface area contributed by atoms with Crippen LogP contribution in [0.2, 0.25) is 5.02 Å². The molecule has 1 aromatic heterocycles. The van der Waals surface area contributed by atoms with Crippen molar-refractivity contribution in [1.29, 1.82) is 0 Å². The lowest BCUT2D eigenvalue weighted by Crippen LogP contribution is -1.93. The van der Waals surface area contributed by atoms with Crippen molar-refractivity contribution >= 4 is 28.8 Å². The third-order valence-corrected chi connectivity index (χ3v) is 2.05. The molecule has 2 aromatic rings. The Bertz CT molecular complexity index is 421. The molecule has 0 spiro atoms. The van der Waals surface area contributed by atoms with Gasteiger partial charge in [0.25, 0.3) is 0 Å². The van der Waals surface area contributed by atoms with E-state index in [1.165, 1.54) is 0 Å². The lowest BCUT2D eigenvalue weighted by Gasteiger charge is -2.03. The second-order valence-electron chi connectivity index (χ2n) is 2.82. The number of benzene rings is 1. The highest BCUT2D eigenvalue weighted by Crippen LogP contribution is 2.21. The third-order valence-electron chi connectivity index (χ3n) is 1.79. The number of halogens is 1. The molecule has 0 saturated carbocycles. The first-order valence-electron chi connectivity index (χ1n) is 4.07. The summed E-state index contributed by atoms with van der Waals surface area (Å²) in [6, 6.07) is 7.35. The minimum Gasteiger partial charge on any atom is -0.380 e. The number of aromatic nitrogens is 2. The quantitative estimate of drug-likeness (QED) is 0.710. The number of nitrogens with zero attached hydrogens (tertiary/aromatic N) is 1. The molecular formula is C9H9ClN4. The standard InChI is InChI=1S/C9H9ClN4/c10-6-1-3-7(4-2-6)13-8-5-12-14-9(8)11/h1-5,13H,(H3,11,12,14). The van der Waals surface area contributed by atoms with E-state index in [0.29, 0.717) is 10.8 Å². The van der Waals surface area contributed by atoms with E-state index in [0.717, 1.165) is 11.4 Å². The number of nitrogens with one attached hydrogen (secondary N) is 2.